The lowest BCUT2D eigenvalue weighted by Crippen LogP contribution is -2.45. The highest BCUT2D eigenvalue weighted by Gasteiger charge is 2.31. The van der Waals surface area contributed by atoms with Gasteiger partial charge in [-0.1, -0.05) is 24.3 Å². The van der Waals surface area contributed by atoms with Crippen LogP contribution in [0.4, 0.5) is 4.79 Å². The Labute approximate surface area is 133 Å². The molecule has 4 nitrogen and oxygen atoms in total. The zero-order valence-corrected chi connectivity index (χ0v) is 14.1. The lowest BCUT2D eigenvalue weighted by atomic mass is 9.85. The normalized spacial score (nSPS) is 20.6. The first-order valence-electron chi connectivity index (χ1n) is 8.07. The van der Waals surface area contributed by atoms with Crippen molar-refractivity contribution in [2.24, 2.45) is 11.7 Å². The van der Waals surface area contributed by atoms with Crippen molar-refractivity contribution in [1.82, 2.24) is 4.90 Å². The van der Waals surface area contributed by atoms with Gasteiger partial charge in [0.25, 0.3) is 0 Å². The van der Waals surface area contributed by atoms with E-state index in [2.05, 4.69) is 19.1 Å². The van der Waals surface area contributed by atoms with Crippen LogP contribution in [0.15, 0.2) is 24.3 Å². The van der Waals surface area contributed by atoms with E-state index in [1.165, 1.54) is 11.1 Å². The predicted octanol–water partition coefficient (Wildman–Crippen LogP) is 3.64. The summed E-state index contributed by atoms with van der Waals surface area (Å²) in [5.41, 5.74) is 8.42. The summed E-state index contributed by atoms with van der Waals surface area (Å²) in [4.78, 5) is 14.1. The molecule has 1 amide bonds. The van der Waals surface area contributed by atoms with Gasteiger partial charge in [-0.15, -0.1) is 0 Å². The first-order chi connectivity index (χ1) is 10.3. The van der Waals surface area contributed by atoms with Gasteiger partial charge >= 0.3 is 6.09 Å². The lowest BCUT2D eigenvalue weighted by Gasteiger charge is -2.36. The molecule has 1 fully saturated rings. The number of benzene rings is 1. The molecule has 2 unspecified atom stereocenters. The summed E-state index contributed by atoms with van der Waals surface area (Å²) in [7, 11) is 0. The maximum Gasteiger partial charge on any atom is 0.410 e. The zero-order chi connectivity index (χ0) is 16.3. The van der Waals surface area contributed by atoms with Crippen LogP contribution in [0.2, 0.25) is 0 Å². The number of hydrogen-bond acceptors (Lipinski definition) is 3. The van der Waals surface area contributed by atoms with Crippen molar-refractivity contribution < 1.29 is 9.53 Å². The number of nitrogens with zero attached hydrogens (tertiary/aromatic N) is 1. The van der Waals surface area contributed by atoms with Crippen LogP contribution in [-0.2, 0) is 4.74 Å². The molecule has 2 N–H and O–H groups in total. The first-order valence-corrected chi connectivity index (χ1v) is 8.07. The van der Waals surface area contributed by atoms with Crippen molar-refractivity contribution in [3.05, 3.63) is 35.4 Å². The van der Waals surface area contributed by atoms with E-state index in [0.29, 0.717) is 6.54 Å². The Morgan fingerprint density at radius 3 is 2.68 bits per heavy atom. The van der Waals surface area contributed by atoms with Crippen LogP contribution in [0, 0.1) is 12.8 Å². The zero-order valence-electron chi connectivity index (χ0n) is 14.1. The predicted molar refractivity (Wildman–Crippen MR) is 88.6 cm³/mol. The molecule has 2 rings (SSSR count). The van der Waals surface area contributed by atoms with Crippen molar-refractivity contribution in [2.45, 2.75) is 52.2 Å². The van der Waals surface area contributed by atoms with Crippen LogP contribution in [-0.4, -0.2) is 29.7 Å². The standard InChI is InChI=1S/C18H28N2O2/c1-13-8-5-6-10-15(13)16(19)14-9-7-11-20(12-14)17(21)22-18(2,3)4/h5-6,8,10,14,16H,7,9,11-12,19H2,1-4H3. The Morgan fingerprint density at radius 1 is 1.36 bits per heavy atom. The molecule has 2 atom stereocenters. The number of piperidine rings is 1. The summed E-state index contributed by atoms with van der Waals surface area (Å²) in [5.74, 6) is 0.280. The van der Waals surface area contributed by atoms with Gasteiger partial charge in [-0.05, 0) is 57.6 Å². The maximum atomic E-state index is 12.2. The van der Waals surface area contributed by atoms with E-state index in [0.717, 1.165) is 19.4 Å². The molecule has 1 saturated heterocycles. The third kappa shape index (κ3) is 4.23. The van der Waals surface area contributed by atoms with Crippen molar-refractivity contribution in [3.63, 3.8) is 0 Å². The highest BCUT2D eigenvalue weighted by Crippen LogP contribution is 2.30. The Bertz CT molecular complexity index is 522. The Balaban J connectivity index is 2.04. The quantitative estimate of drug-likeness (QED) is 0.907. The number of nitrogens with two attached hydrogens (primary N) is 1. The number of likely N-dealkylation sites (tertiary alicyclic amines) is 1. The molecule has 1 heterocycles. The van der Waals surface area contributed by atoms with Gasteiger partial charge in [0.05, 0.1) is 0 Å². The molecule has 1 aliphatic rings. The summed E-state index contributed by atoms with van der Waals surface area (Å²) in [6, 6.07) is 8.19. The third-order valence-electron chi connectivity index (χ3n) is 4.16. The van der Waals surface area contributed by atoms with E-state index < -0.39 is 5.60 Å². The Hall–Kier alpha value is -1.55. The second-order valence-electron chi connectivity index (χ2n) is 7.21. The summed E-state index contributed by atoms with van der Waals surface area (Å²) >= 11 is 0. The SMILES string of the molecule is Cc1ccccc1C(N)C1CCCN(C(=O)OC(C)(C)C)C1. The molecule has 22 heavy (non-hydrogen) atoms. The summed E-state index contributed by atoms with van der Waals surface area (Å²) < 4.78 is 5.48. The fourth-order valence-corrected chi connectivity index (χ4v) is 3.01. The molecule has 1 aromatic carbocycles. The smallest absolute Gasteiger partial charge is 0.410 e. The van der Waals surface area contributed by atoms with Gasteiger partial charge in [0.2, 0.25) is 0 Å². The first kappa shape index (κ1) is 16.8. The summed E-state index contributed by atoms with van der Waals surface area (Å²) in [6.45, 7) is 9.20. The van der Waals surface area contributed by atoms with Gasteiger partial charge in [0.1, 0.15) is 5.60 Å². The monoisotopic (exact) mass is 304 g/mol. The second kappa shape index (κ2) is 6.69. The number of aryl methyl sites for hydroxylation is 1. The number of carbonyl (C=O) groups excluding carboxylic acids is 1. The molecule has 4 heteroatoms. The minimum absolute atomic E-state index is 0.0357. The van der Waals surface area contributed by atoms with Crippen molar-refractivity contribution >= 4 is 6.09 Å². The molecule has 1 aromatic rings. The molecular weight excluding hydrogens is 276 g/mol. The number of hydrogen-bond donors (Lipinski definition) is 1. The maximum absolute atomic E-state index is 12.2. The molecule has 0 radical (unpaired) electrons. The van der Waals surface area contributed by atoms with Crippen molar-refractivity contribution in [1.29, 1.82) is 0 Å². The van der Waals surface area contributed by atoms with Crippen LogP contribution >= 0.6 is 0 Å². The second-order valence-corrected chi connectivity index (χ2v) is 7.21. The number of amides is 1. The summed E-state index contributed by atoms with van der Waals surface area (Å²) in [5, 5.41) is 0. The average molecular weight is 304 g/mol. The van der Waals surface area contributed by atoms with Gasteiger partial charge < -0.3 is 15.4 Å². The van der Waals surface area contributed by atoms with Gasteiger partial charge in [0.15, 0.2) is 0 Å². The number of carbonyl (C=O) groups is 1. The van der Waals surface area contributed by atoms with Gasteiger partial charge in [0, 0.05) is 19.1 Å². The van der Waals surface area contributed by atoms with E-state index in [4.69, 9.17) is 10.5 Å². The molecule has 0 bridgehead atoms. The molecule has 0 aliphatic carbocycles. The van der Waals surface area contributed by atoms with Crippen LogP contribution in [0.3, 0.4) is 0 Å². The van der Waals surface area contributed by atoms with E-state index in [-0.39, 0.29) is 18.1 Å². The molecule has 0 saturated carbocycles. The fraction of sp³-hybridized carbons (Fsp3) is 0.611. The number of rotatable bonds is 2. The number of ether oxygens (including phenoxy) is 1. The fourth-order valence-electron chi connectivity index (χ4n) is 3.01. The molecular formula is C18H28N2O2. The van der Waals surface area contributed by atoms with E-state index >= 15 is 0 Å². The minimum Gasteiger partial charge on any atom is -0.444 e. The van der Waals surface area contributed by atoms with Crippen LogP contribution in [0.5, 0.6) is 0 Å². The highest BCUT2D eigenvalue weighted by atomic mass is 16.6. The Kier molecular flexibility index (Phi) is 5.12. The van der Waals surface area contributed by atoms with E-state index in [1.807, 2.05) is 32.9 Å². The van der Waals surface area contributed by atoms with Crippen molar-refractivity contribution in [2.75, 3.05) is 13.1 Å². The van der Waals surface area contributed by atoms with Crippen LogP contribution < -0.4 is 5.73 Å². The van der Waals surface area contributed by atoms with Crippen molar-refractivity contribution in [3.8, 4) is 0 Å². The van der Waals surface area contributed by atoms with E-state index in [9.17, 15) is 4.79 Å². The molecule has 122 valence electrons. The lowest BCUT2D eigenvalue weighted by molar-refractivity contribution is 0.0152. The van der Waals surface area contributed by atoms with Crippen LogP contribution in [0.1, 0.15) is 50.8 Å². The minimum atomic E-state index is -0.456. The van der Waals surface area contributed by atoms with Gasteiger partial charge in [-0.25, -0.2) is 4.79 Å². The van der Waals surface area contributed by atoms with E-state index in [1.54, 1.807) is 4.90 Å². The summed E-state index contributed by atoms with van der Waals surface area (Å²) in [6.07, 6.45) is 1.80. The highest BCUT2D eigenvalue weighted by molar-refractivity contribution is 5.68. The van der Waals surface area contributed by atoms with Gasteiger partial charge in [-0.3, -0.25) is 0 Å². The Morgan fingerprint density at radius 2 is 2.05 bits per heavy atom. The average Bonchev–Trinajstić information content (AvgIpc) is 2.45. The molecule has 0 spiro atoms. The third-order valence-corrected chi connectivity index (χ3v) is 4.16. The molecule has 0 aromatic heterocycles. The van der Waals surface area contributed by atoms with Gasteiger partial charge in [-0.2, -0.15) is 0 Å². The molecule has 1 aliphatic heterocycles. The largest absolute Gasteiger partial charge is 0.444 e. The topological polar surface area (TPSA) is 55.6 Å². The van der Waals surface area contributed by atoms with Crippen LogP contribution in [0.25, 0.3) is 0 Å².